The third-order valence-corrected chi connectivity index (χ3v) is 6.25. The van der Waals surface area contributed by atoms with Gasteiger partial charge in [0.1, 0.15) is 5.82 Å². The topological polar surface area (TPSA) is 102 Å². The molecular weight excluding hydrogens is 411 g/mol. The molecule has 30 heavy (non-hydrogen) atoms. The molecule has 9 heteroatoms. The average Bonchev–Trinajstić information content (AvgIpc) is 2.70. The number of aryl methyl sites for hydroxylation is 1. The Morgan fingerprint density at radius 3 is 2.50 bits per heavy atom. The summed E-state index contributed by atoms with van der Waals surface area (Å²) in [7, 11) is -3.98. The number of hydrogen-bond donors (Lipinski definition) is 2. The molecule has 2 aromatic rings. The summed E-state index contributed by atoms with van der Waals surface area (Å²) in [6.07, 6.45) is 0. The second-order valence-electron chi connectivity index (χ2n) is 6.72. The van der Waals surface area contributed by atoms with Gasteiger partial charge in [-0.15, -0.1) is 0 Å². The Kier molecular flexibility index (Phi) is 6.21. The number of carbonyl (C=O) groups excluding carboxylic acids is 2. The van der Waals surface area contributed by atoms with Crippen molar-refractivity contribution >= 4 is 21.8 Å². The van der Waals surface area contributed by atoms with Crippen LogP contribution < -0.4 is 10.6 Å². The smallest absolute Gasteiger partial charge is 0.338 e. The fourth-order valence-electron chi connectivity index (χ4n) is 3.16. The Morgan fingerprint density at radius 2 is 1.87 bits per heavy atom. The second kappa shape index (κ2) is 8.66. The molecule has 158 valence electrons. The fraction of sp³-hybridized carbons (Fsp3) is 0.238. The molecule has 0 bridgehead atoms. The maximum Gasteiger partial charge on any atom is 0.338 e. The third-order valence-electron chi connectivity index (χ3n) is 4.60. The number of halogens is 1. The van der Waals surface area contributed by atoms with Crippen molar-refractivity contribution in [1.82, 2.24) is 10.6 Å². The van der Waals surface area contributed by atoms with Crippen molar-refractivity contribution in [2.45, 2.75) is 24.8 Å². The molecule has 1 atom stereocenters. The molecule has 7 nitrogen and oxygen atoms in total. The normalized spacial score (nSPS) is 16.6. The first-order valence-electron chi connectivity index (χ1n) is 9.24. The minimum absolute atomic E-state index is 0.00468. The molecule has 2 amide bonds. The van der Waals surface area contributed by atoms with Crippen LogP contribution in [0.3, 0.4) is 0 Å². The van der Waals surface area contributed by atoms with Gasteiger partial charge in [-0.05, 0) is 43.2 Å². The van der Waals surface area contributed by atoms with Gasteiger partial charge in [-0.3, -0.25) is 0 Å². The Morgan fingerprint density at radius 1 is 1.17 bits per heavy atom. The molecular formula is C21H21FN2O5S. The molecule has 1 aliphatic rings. The van der Waals surface area contributed by atoms with E-state index < -0.39 is 39.4 Å². The van der Waals surface area contributed by atoms with Crippen molar-refractivity contribution in [1.29, 1.82) is 0 Å². The molecule has 0 spiro atoms. The lowest BCUT2D eigenvalue weighted by atomic mass is 9.95. The summed E-state index contributed by atoms with van der Waals surface area (Å²) >= 11 is 0. The predicted octanol–water partition coefficient (Wildman–Crippen LogP) is 2.78. The zero-order valence-electron chi connectivity index (χ0n) is 16.4. The zero-order chi connectivity index (χ0) is 21.9. The number of rotatable bonds is 6. The van der Waals surface area contributed by atoms with Crippen LogP contribution in [0.1, 0.15) is 24.1 Å². The monoisotopic (exact) mass is 432 g/mol. The fourth-order valence-corrected chi connectivity index (χ4v) is 4.57. The summed E-state index contributed by atoms with van der Waals surface area (Å²) < 4.78 is 44.6. The van der Waals surface area contributed by atoms with Crippen molar-refractivity contribution < 1.29 is 27.1 Å². The second-order valence-corrected chi connectivity index (χ2v) is 8.71. The van der Waals surface area contributed by atoms with Gasteiger partial charge in [0.2, 0.25) is 0 Å². The van der Waals surface area contributed by atoms with Crippen LogP contribution in [0.4, 0.5) is 9.18 Å². The highest BCUT2D eigenvalue weighted by Crippen LogP contribution is 2.29. The lowest BCUT2D eigenvalue weighted by molar-refractivity contribution is -0.139. The number of carbonyl (C=O) groups is 2. The summed E-state index contributed by atoms with van der Waals surface area (Å²) in [5.74, 6) is -1.91. The number of amides is 2. The van der Waals surface area contributed by atoms with Gasteiger partial charge in [-0.25, -0.2) is 22.4 Å². The molecule has 0 saturated carbocycles. The van der Waals surface area contributed by atoms with Crippen LogP contribution in [0.25, 0.3) is 0 Å². The summed E-state index contributed by atoms with van der Waals surface area (Å²) in [6, 6.07) is 10.6. The zero-order valence-corrected chi connectivity index (χ0v) is 17.3. The van der Waals surface area contributed by atoms with E-state index in [0.717, 1.165) is 12.1 Å². The van der Waals surface area contributed by atoms with Gasteiger partial charge in [0, 0.05) is 5.70 Å². The van der Waals surface area contributed by atoms with E-state index >= 15 is 0 Å². The first-order chi connectivity index (χ1) is 14.2. The lowest BCUT2D eigenvalue weighted by Crippen LogP contribution is -2.47. The highest BCUT2D eigenvalue weighted by atomic mass is 32.2. The van der Waals surface area contributed by atoms with E-state index in [2.05, 4.69) is 10.6 Å². The quantitative estimate of drug-likeness (QED) is 0.540. The highest BCUT2D eigenvalue weighted by molar-refractivity contribution is 7.91. The van der Waals surface area contributed by atoms with Crippen molar-refractivity contribution in [2.75, 3.05) is 12.4 Å². The van der Waals surface area contributed by atoms with Gasteiger partial charge in [-0.1, -0.05) is 30.3 Å². The molecule has 3 rings (SSSR count). The van der Waals surface area contributed by atoms with E-state index in [4.69, 9.17) is 4.74 Å². The van der Waals surface area contributed by atoms with E-state index in [0.29, 0.717) is 5.56 Å². The summed E-state index contributed by atoms with van der Waals surface area (Å²) in [5.41, 5.74) is 0.702. The SMILES string of the molecule is CCOC(=O)C1=C(CS(=O)(=O)c2ccc(F)c(C)c2)NC(=O)N[C@H]1c1ccccc1. The number of urea groups is 1. The van der Waals surface area contributed by atoms with Gasteiger partial charge in [-0.2, -0.15) is 0 Å². The number of nitrogens with one attached hydrogen (secondary N) is 2. The predicted molar refractivity (Wildman–Crippen MR) is 108 cm³/mol. The van der Waals surface area contributed by atoms with Crippen LogP contribution in [0.2, 0.25) is 0 Å². The third kappa shape index (κ3) is 4.51. The molecule has 0 radical (unpaired) electrons. The Labute approximate surface area is 173 Å². The number of benzene rings is 2. The minimum Gasteiger partial charge on any atom is -0.463 e. The molecule has 0 unspecified atom stereocenters. The van der Waals surface area contributed by atoms with Crippen LogP contribution >= 0.6 is 0 Å². The number of ether oxygens (including phenoxy) is 1. The van der Waals surface area contributed by atoms with Gasteiger partial charge in [0.05, 0.1) is 28.9 Å². The van der Waals surface area contributed by atoms with E-state index in [1.807, 2.05) is 0 Å². The maximum absolute atomic E-state index is 13.6. The van der Waals surface area contributed by atoms with Crippen molar-refractivity contribution in [3.8, 4) is 0 Å². The molecule has 2 aromatic carbocycles. The number of esters is 1. The maximum atomic E-state index is 13.6. The van der Waals surface area contributed by atoms with Gasteiger partial charge in [0.25, 0.3) is 0 Å². The van der Waals surface area contributed by atoms with E-state index in [1.54, 1.807) is 37.3 Å². The summed E-state index contributed by atoms with van der Waals surface area (Å²) in [6.45, 7) is 3.16. The molecule has 1 heterocycles. The van der Waals surface area contributed by atoms with E-state index in [9.17, 15) is 22.4 Å². The van der Waals surface area contributed by atoms with Crippen LogP contribution in [-0.2, 0) is 19.4 Å². The highest BCUT2D eigenvalue weighted by Gasteiger charge is 2.35. The Hall–Kier alpha value is -3.20. The lowest BCUT2D eigenvalue weighted by Gasteiger charge is -2.29. The first-order valence-corrected chi connectivity index (χ1v) is 10.9. The van der Waals surface area contributed by atoms with Crippen molar-refractivity contribution in [3.05, 3.63) is 76.7 Å². The van der Waals surface area contributed by atoms with Crippen LogP contribution in [0.5, 0.6) is 0 Å². The summed E-state index contributed by atoms with van der Waals surface area (Å²) in [4.78, 5) is 24.8. The molecule has 0 saturated heterocycles. The van der Waals surface area contributed by atoms with Crippen molar-refractivity contribution in [3.63, 3.8) is 0 Å². The molecule has 0 aliphatic carbocycles. The minimum atomic E-state index is -3.98. The van der Waals surface area contributed by atoms with E-state index in [-0.39, 0.29) is 28.3 Å². The van der Waals surface area contributed by atoms with Crippen molar-refractivity contribution in [2.24, 2.45) is 0 Å². The van der Waals surface area contributed by atoms with Crippen LogP contribution in [-0.4, -0.2) is 32.8 Å². The molecule has 0 fully saturated rings. The molecule has 0 aromatic heterocycles. The average molecular weight is 432 g/mol. The molecule has 1 aliphatic heterocycles. The largest absolute Gasteiger partial charge is 0.463 e. The summed E-state index contributed by atoms with van der Waals surface area (Å²) in [5, 5.41) is 5.07. The van der Waals surface area contributed by atoms with Gasteiger partial charge >= 0.3 is 12.0 Å². The van der Waals surface area contributed by atoms with Crippen LogP contribution in [0, 0.1) is 12.7 Å². The van der Waals surface area contributed by atoms with Gasteiger partial charge < -0.3 is 15.4 Å². The first kappa shape index (κ1) is 21.5. The van der Waals surface area contributed by atoms with Crippen LogP contribution in [0.15, 0.2) is 64.7 Å². The molecule has 2 N–H and O–H groups in total. The standard InChI is InChI=1S/C21H21FN2O5S/c1-3-29-20(25)18-17(12-30(27,28)15-9-10-16(22)13(2)11-15)23-21(26)24-19(18)14-7-5-4-6-8-14/h4-11,19H,3,12H2,1-2H3,(H2,23,24,26)/t19-/m0/s1. The number of hydrogen-bond acceptors (Lipinski definition) is 5. The van der Waals surface area contributed by atoms with E-state index in [1.165, 1.54) is 13.0 Å². The Bertz CT molecular complexity index is 1110. The Balaban J connectivity index is 2.09. The van der Waals surface area contributed by atoms with Gasteiger partial charge in [0.15, 0.2) is 9.84 Å². The number of sulfone groups is 1.